The second-order valence-corrected chi connectivity index (χ2v) is 7.31. The van der Waals surface area contributed by atoms with Crippen LogP contribution in [-0.4, -0.2) is 45.0 Å². The van der Waals surface area contributed by atoms with Crippen LogP contribution in [0.25, 0.3) is 11.0 Å². The van der Waals surface area contributed by atoms with Crippen molar-refractivity contribution in [2.75, 3.05) is 19.8 Å². The summed E-state index contributed by atoms with van der Waals surface area (Å²) >= 11 is 0. The van der Waals surface area contributed by atoms with Crippen molar-refractivity contribution in [1.29, 1.82) is 0 Å². The van der Waals surface area contributed by atoms with Crippen molar-refractivity contribution in [2.45, 2.75) is 20.0 Å². The normalized spacial score (nSPS) is 10.8. The Labute approximate surface area is 190 Å². The van der Waals surface area contributed by atoms with Gasteiger partial charge in [-0.15, -0.1) is 0 Å². The van der Waals surface area contributed by atoms with Gasteiger partial charge in [0, 0.05) is 6.54 Å². The zero-order chi connectivity index (χ0) is 23.0. The highest BCUT2D eigenvalue weighted by atomic mass is 16.5. The van der Waals surface area contributed by atoms with Crippen LogP contribution in [0.3, 0.4) is 0 Å². The fourth-order valence-corrected chi connectivity index (χ4v) is 3.35. The van der Waals surface area contributed by atoms with Crippen molar-refractivity contribution < 1.29 is 14.3 Å². The standard InChI is InChI=1S/C24H25N5O4/c1-2-32-19-8-10-20(11-9-19)33-16-22(30)25-12-13-29-23-21(14-27-29)24(31)28(17-26-23)15-18-6-4-3-5-7-18/h3-11,14,17H,2,12-13,15-16H2,1H3,(H,25,30). The lowest BCUT2D eigenvalue weighted by Crippen LogP contribution is -2.31. The molecule has 1 amide bonds. The molecule has 0 aliphatic carbocycles. The molecule has 4 aromatic rings. The lowest BCUT2D eigenvalue weighted by atomic mass is 10.2. The van der Waals surface area contributed by atoms with Crippen LogP contribution >= 0.6 is 0 Å². The summed E-state index contributed by atoms with van der Waals surface area (Å²) in [6.07, 6.45) is 3.04. The van der Waals surface area contributed by atoms with Crippen LogP contribution in [0.5, 0.6) is 11.5 Å². The van der Waals surface area contributed by atoms with Crippen LogP contribution in [0, 0.1) is 0 Å². The Morgan fingerprint density at radius 2 is 1.76 bits per heavy atom. The van der Waals surface area contributed by atoms with Crippen LogP contribution < -0.4 is 20.3 Å². The summed E-state index contributed by atoms with van der Waals surface area (Å²) < 4.78 is 14.0. The number of benzene rings is 2. The molecule has 33 heavy (non-hydrogen) atoms. The van der Waals surface area contributed by atoms with Gasteiger partial charge in [0.25, 0.3) is 11.5 Å². The SMILES string of the molecule is CCOc1ccc(OCC(=O)NCCn2ncc3c(=O)n(Cc4ccccc4)cnc32)cc1. The van der Waals surface area contributed by atoms with Gasteiger partial charge in [0.1, 0.15) is 23.2 Å². The second kappa shape index (κ2) is 10.4. The zero-order valence-electron chi connectivity index (χ0n) is 18.3. The average molecular weight is 447 g/mol. The average Bonchev–Trinajstić information content (AvgIpc) is 3.25. The molecule has 170 valence electrons. The van der Waals surface area contributed by atoms with Crippen molar-refractivity contribution in [2.24, 2.45) is 0 Å². The molecule has 9 heteroatoms. The number of carbonyl (C=O) groups excluding carboxylic acids is 1. The Bertz CT molecular complexity index is 1270. The summed E-state index contributed by atoms with van der Waals surface area (Å²) in [6.45, 7) is 3.56. The number of nitrogens with zero attached hydrogens (tertiary/aromatic N) is 4. The molecule has 0 saturated carbocycles. The first-order valence-electron chi connectivity index (χ1n) is 10.7. The third-order valence-electron chi connectivity index (χ3n) is 4.97. The lowest BCUT2D eigenvalue weighted by Gasteiger charge is -2.09. The van der Waals surface area contributed by atoms with Gasteiger partial charge in [0.05, 0.1) is 25.9 Å². The van der Waals surface area contributed by atoms with Crippen molar-refractivity contribution in [3.05, 3.63) is 83.0 Å². The topological polar surface area (TPSA) is 100 Å². The molecule has 0 spiro atoms. The van der Waals surface area contributed by atoms with Gasteiger partial charge in [-0.1, -0.05) is 30.3 Å². The number of rotatable bonds is 10. The van der Waals surface area contributed by atoms with Gasteiger partial charge in [-0.2, -0.15) is 5.10 Å². The van der Waals surface area contributed by atoms with Crippen LogP contribution in [0.15, 0.2) is 71.9 Å². The quantitative estimate of drug-likeness (QED) is 0.400. The van der Waals surface area contributed by atoms with E-state index in [0.717, 1.165) is 11.3 Å². The molecule has 0 fully saturated rings. The minimum atomic E-state index is -0.251. The number of fused-ring (bicyclic) bond motifs is 1. The van der Waals surface area contributed by atoms with E-state index < -0.39 is 0 Å². The van der Waals surface area contributed by atoms with Crippen molar-refractivity contribution in [3.63, 3.8) is 0 Å². The van der Waals surface area contributed by atoms with E-state index in [1.807, 2.05) is 37.3 Å². The summed E-state index contributed by atoms with van der Waals surface area (Å²) in [4.78, 5) is 29.3. The monoisotopic (exact) mass is 447 g/mol. The number of nitrogens with one attached hydrogen (secondary N) is 1. The van der Waals surface area contributed by atoms with Crippen LogP contribution in [0.2, 0.25) is 0 Å². The molecule has 0 saturated heterocycles. The zero-order valence-corrected chi connectivity index (χ0v) is 18.3. The first-order chi connectivity index (χ1) is 16.1. The maximum atomic E-state index is 12.8. The molecule has 2 heterocycles. The Kier molecular flexibility index (Phi) is 6.99. The lowest BCUT2D eigenvalue weighted by molar-refractivity contribution is -0.123. The highest BCUT2D eigenvalue weighted by Crippen LogP contribution is 2.17. The second-order valence-electron chi connectivity index (χ2n) is 7.31. The van der Waals surface area contributed by atoms with Gasteiger partial charge in [-0.05, 0) is 36.8 Å². The van der Waals surface area contributed by atoms with Crippen molar-refractivity contribution >= 4 is 16.9 Å². The summed E-state index contributed by atoms with van der Waals surface area (Å²) in [5.74, 6) is 1.09. The summed E-state index contributed by atoms with van der Waals surface area (Å²) in [7, 11) is 0. The van der Waals surface area contributed by atoms with E-state index in [9.17, 15) is 9.59 Å². The molecule has 0 aliphatic heterocycles. The number of ether oxygens (including phenoxy) is 2. The predicted octanol–water partition coefficient (Wildman–Crippen LogP) is 2.24. The minimum Gasteiger partial charge on any atom is -0.494 e. The first-order valence-corrected chi connectivity index (χ1v) is 10.7. The number of hydrogen-bond acceptors (Lipinski definition) is 6. The third-order valence-corrected chi connectivity index (χ3v) is 4.97. The van der Waals surface area contributed by atoms with E-state index in [4.69, 9.17) is 9.47 Å². The van der Waals surface area contributed by atoms with Crippen molar-refractivity contribution in [3.8, 4) is 11.5 Å². The Morgan fingerprint density at radius 1 is 1.03 bits per heavy atom. The van der Waals surface area contributed by atoms with Gasteiger partial charge >= 0.3 is 0 Å². The van der Waals surface area contributed by atoms with Gasteiger partial charge in [-0.3, -0.25) is 14.2 Å². The van der Waals surface area contributed by atoms with E-state index >= 15 is 0 Å². The van der Waals surface area contributed by atoms with Gasteiger partial charge in [0.2, 0.25) is 0 Å². The molecule has 0 bridgehead atoms. The van der Waals surface area contributed by atoms with Gasteiger partial charge in [0.15, 0.2) is 12.3 Å². The maximum Gasteiger partial charge on any atom is 0.264 e. The maximum absolute atomic E-state index is 12.8. The molecule has 0 aliphatic rings. The van der Waals surface area contributed by atoms with Crippen molar-refractivity contribution in [1.82, 2.24) is 24.6 Å². The van der Waals surface area contributed by atoms with Crippen LogP contribution in [0.4, 0.5) is 0 Å². The Morgan fingerprint density at radius 3 is 2.48 bits per heavy atom. The summed E-state index contributed by atoms with van der Waals surface area (Å²) in [6, 6.07) is 16.8. The van der Waals surface area contributed by atoms with E-state index in [0.29, 0.717) is 43.0 Å². The van der Waals surface area contributed by atoms with E-state index in [2.05, 4.69) is 15.4 Å². The number of aromatic nitrogens is 4. The van der Waals surface area contributed by atoms with Crippen LogP contribution in [-0.2, 0) is 17.9 Å². The smallest absolute Gasteiger partial charge is 0.264 e. The molecule has 2 aromatic carbocycles. The largest absolute Gasteiger partial charge is 0.494 e. The van der Waals surface area contributed by atoms with E-state index in [1.165, 1.54) is 12.5 Å². The Hall–Kier alpha value is -4.14. The molecule has 0 radical (unpaired) electrons. The van der Waals surface area contributed by atoms with E-state index in [-0.39, 0.29) is 18.1 Å². The molecule has 4 rings (SSSR count). The summed E-state index contributed by atoms with van der Waals surface area (Å²) in [5, 5.41) is 7.49. The fraction of sp³-hybridized carbons (Fsp3) is 0.250. The van der Waals surface area contributed by atoms with Gasteiger partial charge in [-0.25, -0.2) is 9.67 Å². The first kappa shape index (κ1) is 22.1. The highest BCUT2D eigenvalue weighted by molar-refractivity contribution is 5.77. The van der Waals surface area contributed by atoms with Crippen LogP contribution in [0.1, 0.15) is 12.5 Å². The highest BCUT2D eigenvalue weighted by Gasteiger charge is 2.11. The molecule has 2 aromatic heterocycles. The molecule has 0 unspecified atom stereocenters. The molecule has 9 nitrogen and oxygen atoms in total. The predicted molar refractivity (Wildman–Crippen MR) is 123 cm³/mol. The number of carbonyl (C=O) groups is 1. The molecule has 0 atom stereocenters. The Balaban J connectivity index is 1.29. The third kappa shape index (κ3) is 5.57. The fourth-order valence-electron chi connectivity index (χ4n) is 3.35. The number of amides is 1. The van der Waals surface area contributed by atoms with Gasteiger partial charge < -0.3 is 14.8 Å². The minimum absolute atomic E-state index is 0.101. The molecule has 1 N–H and O–H groups in total. The molecular weight excluding hydrogens is 422 g/mol. The molecular formula is C24H25N5O4. The number of hydrogen-bond donors (Lipinski definition) is 1. The summed E-state index contributed by atoms with van der Waals surface area (Å²) in [5.41, 5.74) is 1.36. The van der Waals surface area contributed by atoms with E-state index in [1.54, 1.807) is 33.5 Å².